The molecule has 1 saturated carbocycles. The van der Waals surface area contributed by atoms with E-state index in [9.17, 15) is 5.11 Å². The second-order valence-electron chi connectivity index (χ2n) is 8.83. The minimum atomic E-state index is -0.917. The highest BCUT2D eigenvalue weighted by Crippen LogP contribution is 2.51. The number of hydrogen-bond acceptors (Lipinski definition) is 3. The summed E-state index contributed by atoms with van der Waals surface area (Å²) in [5.74, 6) is 2.34. The summed E-state index contributed by atoms with van der Waals surface area (Å²) >= 11 is 0. The molecule has 1 N–H and O–H groups in total. The standard InChI is InChI=1S/C22H33BO3/c1-6-7-11-19(16-23-25-20(2,3)21(4,5)26-23)22(24,18-14-15-18)17-12-9-8-10-13-17/h8-10,12-13,16,18,24H,6-7,11,14-15H2,1-5H3/b19-16+. The molecule has 26 heavy (non-hydrogen) atoms. The molecule has 0 radical (unpaired) electrons. The maximum atomic E-state index is 11.8. The minimum Gasteiger partial charge on any atom is -0.400 e. The Balaban J connectivity index is 1.97. The average molecular weight is 356 g/mol. The molecule has 1 saturated heterocycles. The van der Waals surface area contributed by atoms with Crippen molar-refractivity contribution in [2.45, 2.75) is 83.5 Å². The second kappa shape index (κ2) is 7.14. The Bertz CT molecular complexity index is 633. The van der Waals surface area contributed by atoms with E-state index in [-0.39, 0.29) is 17.1 Å². The molecule has 1 aliphatic carbocycles. The molecule has 3 nitrogen and oxygen atoms in total. The van der Waals surface area contributed by atoms with Crippen LogP contribution < -0.4 is 0 Å². The van der Waals surface area contributed by atoms with E-state index in [1.54, 1.807) is 0 Å². The first-order valence-electron chi connectivity index (χ1n) is 10.1. The van der Waals surface area contributed by atoms with E-state index < -0.39 is 12.7 Å². The molecular formula is C22H33BO3. The Morgan fingerprint density at radius 1 is 1.15 bits per heavy atom. The van der Waals surface area contributed by atoms with Crippen molar-refractivity contribution in [3.8, 4) is 0 Å². The van der Waals surface area contributed by atoms with Gasteiger partial charge in [0.2, 0.25) is 0 Å². The number of unbranched alkanes of at least 4 members (excludes halogenated alkanes) is 1. The molecule has 3 rings (SSSR count). The van der Waals surface area contributed by atoms with Crippen molar-refractivity contribution in [3.05, 3.63) is 47.4 Å². The lowest BCUT2D eigenvalue weighted by molar-refractivity contribution is 0.00578. The van der Waals surface area contributed by atoms with E-state index in [0.29, 0.717) is 0 Å². The van der Waals surface area contributed by atoms with Crippen molar-refractivity contribution < 1.29 is 14.4 Å². The molecule has 0 aromatic heterocycles. The highest BCUT2D eigenvalue weighted by atomic mass is 16.7. The van der Waals surface area contributed by atoms with Crippen LogP contribution in [0.2, 0.25) is 0 Å². The molecule has 4 heteroatoms. The first-order chi connectivity index (χ1) is 12.2. The zero-order valence-electron chi connectivity index (χ0n) is 16.9. The maximum Gasteiger partial charge on any atom is 0.487 e. The number of benzene rings is 1. The molecule has 1 aromatic carbocycles. The molecule has 2 fully saturated rings. The molecule has 0 amide bonds. The lowest BCUT2D eigenvalue weighted by Gasteiger charge is -2.33. The van der Waals surface area contributed by atoms with Crippen molar-refractivity contribution >= 4 is 7.12 Å². The van der Waals surface area contributed by atoms with Gasteiger partial charge in [-0.2, -0.15) is 0 Å². The predicted octanol–water partition coefficient (Wildman–Crippen LogP) is 5.03. The molecular weight excluding hydrogens is 323 g/mol. The van der Waals surface area contributed by atoms with Gasteiger partial charge >= 0.3 is 7.12 Å². The zero-order chi connectivity index (χ0) is 19.0. The fraction of sp³-hybridized carbons (Fsp3) is 0.636. The van der Waals surface area contributed by atoms with Crippen molar-refractivity contribution in [2.75, 3.05) is 0 Å². The number of aliphatic hydroxyl groups is 1. The topological polar surface area (TPSA) is 38.7 Å². The third-order valence-electron chi connectivity index (χ3n) is 6.28. The smallest absolute Gasteiger partial charge is 0.400 e. The van der Waals surface area contributed by atoms with Gasteiger partial charge in [0.15, 0.2) is 0 Å². The van der Waals surface area contributed by atoms with Crippen LogP contribution in [0.4, 0.5) is 0 Å². The summed E-state index contributed by atoms with van der Waals surface area (Å²) in [6, 6.07) is 10.1. The van der Waals surface area contributed by atoms with Crippen molar-refractivity contribution in [2.24, 2.45) is 5.92 Å². The number of hydrogen-bond donors (Lipinski definition) is 1. The lowest BCUT2D eigenvalue weighted by atomic mass is 9.74. The first kappa shape index (κ1) is 19.7. The van der Waals surface area contributed by atoms with Crippen LogP contribution in [0.3, 0.4) is 0 Å². The van der Waals surface area contributed by atoms with E-state index >= 15 is 0 Å². The van der Waals surface area contributed by atoms with Gasteiger partial charge in [0.1, 0.15) is 5.60 Å². The summed E-state index contributed by atoms with van der Waals surface area (Å²) in [5, 5.41) is 11.8. The van der Waals surface area contributed by atoms with Crippen LogP contribution in [0.5, 0.6) is 0 Å². The fourth-order valence-corrected chi connectivity index (χ4v) is 3.77. The lowest BCUT2D eigenvalue weighted by Crippen LogP contribution is -2.41. The van der Waals surface area contributed by atoms with Gasteiger partial charge in [-0.25, -0.2) is 0 Å². The molecule has 0 spiro atoms. The van der Waals surface area contributed by atoms with Gasteiger partial charge in [-0.1, -0.05) is 49.7 Å². The Labute approximate surface area is 158 Å². The van der Waals surface area contributed by atoms with Crippen LogP contribution >= 0.6 is 0 Å². The SMILES string of the molecule is CCCC/C(=C\B1OC(C)(C)C(C)(C)O1)C(O)(c1ccccc1)C1CC1. The van der Waals surface area contributed by atoms with Crippen molar-refractivity contribution in [1.29, 1.82) is 0 Å². The van der Waals surface area contributed by atoms with Crippen LogP contribution in [-0.4, -0.2) is 23.4 Å². The summed E-state index contributed by atoms with van der Waals surface area (Å²) in [6.07, 6.45) is 5.14. The second-order valence-corrected chi connectivity index (χ2v) is 8.83. The van der Waals surface area contributed by atoms with E-state index in [2.05, 4.69) is 40.6 Å². The minimum absolute atomic E-state index is 0.287. The van der Waals surface area contributed by atoms with Gasteiger partial charge in [0.05, 0.1) is 11.2 Å². The van der Waals surface area contributed by atoms with Gasteiger partial charge < -0.3 is 14.4 Å². The van der Waals surface area contributed by atoms with Crippen LogP contribution in [0, 0.1) is 5.92 Å². The summed E-state index contributed by atoms with van der Waals surface area (Å²) in [7, 11) is -0.416. The molecule has 1 atom stereocenters. The van der Waals surface area contributed by atoms with E-state index in [0.717, 1.165) is 43.2 Å². The highest BCUT2D eigenvalue weighted by Gasteiger charge is 2.52. The van der Waals surface area contributed by atoms with E-state index in [4.69, 9.17) is 9.31 Å². The quantitative estimate of drug-likeness (QED) is 0.696. The monoisotopic (exact) mass is 356 g/mol. The van der Waals surface area contributed by atoms with Gasteiger partial charge in [0, 0.05) is 0 Å². The third-order valence-corrected chi connectivity index (χ3v) is 6.28. The maximum absolute atomic E-state index is 11.8. The Kier molecular flexibility index (Phi) is 5.40. The van der Waals surface area contributed by atoms with Crippen molar-refractivity contribution in [3.63, 3.8) is 0 Å². The molecule has 142 valence electrons. The van der Waals surface area contributed by atoms with E-state index in [1.807, 2.05) is 30.3 Å². The summed E-state index contributed by atoms with van der Waals surface area (Å²) in [6.45, 7) is 10.5. The van der Waals surface area contributed by atoms with Crippen LogP contribution in [0.15, 0.2) is 41.9 Å². The Morgan fingerprint density at radius 3 is 2.23 bits per heavy atom. The molecule has 1 unspecified atom stereocenters. The summed E-state index contributed by atoms with van der Waals surface area (Å²) in [5.41, 5.74) is 0.385. The molecule has 0 bridgehead atoms. The van der Waals surface area contributed by atoms with E-state index in [1.165, 1.54) is 0 Å². The number of rotatable bonds is 7. The van der Waals surface area contributed by atoms with Crippen LogP contribution in [0.1, 0.15) is 72.3 Å². The molecule has 1 aliphatic heterocycles. The zero-order valence-corrected chi connectivity index (χ0v) is 16.9. The average Bonchev–Trinajstić information content (AvgIpc) is 3.40. The van der Waals surface area contributed by atoms with Gasteiger partial charge in [-0.05, 0) is 70.4 Å². The molecule has 2 aliphatic rings. The largest absolute Gasteiger partial charge is 0.487 e. The molecule has 1 heterocycles. The highest BCUT2D eigenvalue weighted by molar-refractivity contribution is 6.51. The Morgan fingerprint density at radius 2 is 1.73 bits per heavy atom. The summed E-state index contributed by atoms with van der Waals surface area (Å²) in [4.78, 5) is 0. The van der Waals surface area contributed by atoms with Crippen LogP contribution in [-0.2, 0) is 14.9 Å². The van der Waals surface area contributed by atoms with Crippen molar-refractivity contribution in [1.82, 2.24) is 0 Å². The van der Waals surface area contributed by atoms with Gasteiger partial charge in [0.25, 0.3) is 0 Å². The fourth-order valence-electron chi connectivity index (χ4n) is 3.77. The predicted molar refractivity (Wildman–Crippen MR) is 107 cm³/mol. The summed E-state index contributed by atoms with van der Waals surface area (Å²) < 4.78 is 12.4. The first-order valence-corrected chi connectivity index (χ1v) is 10.1. The normalized spacial score (nSPS) is 24.5. The van der Waals surface area contributed by atoms with Gasteiger partial charge in [-0.3, -0.25) is 0 Å². The van der Waals surface area contributed by atoms with Crippen LogP contribution in [0.25, 0.3) is 0 Å². The molecule has 1 aromatic rings. The third kappa shape index (κ3) is 3.65. The van der Waals surface area contributed by atoms with Gasteiger partial charge in [-0.15, -0.1) is 0 Å². The Hall–Kier alpha value is -1.10.